The van der Waals surface area contributed by atoms with Crippen molar-refractivity contribution in [3.63, 3.8) is 0 Å². The zero-order chi connectivity index (χ0) is 14.4. The van der Waals surface area contributed by atoms with E-state index in [1.807, 2.05) is 13.8 Å². The van der Waals surface area contributed by atoms with Gasteiger partial charge < -0.3 is 15.8 Å². The zero-order valence-electron chi connectivity index (χ0n) is 11.8. The number of ether oxygens (including phenoxy) is 1. The quantitative estimate of drug-likeness (QED) is 0.839. The molecule has 0 radical (unpaired) electrons. The summed E-state index contributed by atoms with van der Waals surface area (Å²) in [6, 6.07) is 0. The molecule has 1 aromatic rings. The lowest BCUT2D eigenvalue weighted by Crippen LogP contribution is -2.81. The summed E-state index contributed by atoms with van der Waals surface area (Å²) >= 11 is 0. The summed E-state index contributed by atoms with van der Waals surface area (Å²) in [5.74, 6) is -0.0973. The van der Waals surface area contributed by atoms with Crippen molar-refractivity contribution in [1.29, 1.82) is 0 Å². The lowest BCUT2D eigenvalue weighted by molar-refractivity contribution is -0.222. The summed E-state index contributed by atoms with van der Waals surface area (Å²) in [5.41, 5.74) is 5.78. The van der Waals surface area contributed by atoms with E-state index in [1.54, 1.807) is 12.4 Å². The first-order chi connectivity index (χ1) is 9.48. The normalized spacial score (nSPS) is 34.8. The smallest absolute Gasteiger partial charge is 0.245 e. The van der Waals surface area contributed by atoms with Crippen molar-refractivity contribution >= 4 is 11.6 Å². The van der Waals surface area contributed by atoms with Crippen LogP contribution >= 0.6 is 0 Å². The molecule has 20 heavy (non-hydrogen) atoms. The number of fused-ring (bicyclic) bond motifs is 1. The first-order valence-corrected chi connectivity index (χ1v) is 6.95. The molecule has 3 N–H and O–H groups in total. The van der Waals surface area contributed by atoms with Crippen molar-refractivity contribution in [2.75, 3.05) is 11.9 Å². The van der Waals surface area contributed by atoms with Crippen molar-refractivity contribution in [3.05, 3.63) is 18.7 Å². The fourth-order valence-corrected chi connectivity index (χ4v) is 3.63. The fourth-order valence-electron chi connectivity index (χ4n) is 3.63. The van der Waals surface area contributed by atoms with Gasteiger partial charge in [-0.05, 0) is 12.8 Å². The average molecular weight is 276 g/mol. The van der Waals surface area contributed by atoms with E-state index in [1.165, 1.54) is 6.33 Å². The number of nitrogens with one attached hydrogen (secondary N) is 1. The third-order valence-corrected chi connectivity index (χ3v) is 4.88. The van der Waals surface area contributed by atoms with E-state index in [9.17, 15) is 4.79 Å². The molecule has 6 nitrogen and oxygen atoms in total. The van der Waals surface area contributed by atoms with Crippen LogP contribution < -0.4 is 11.1 Å². The Kier molecular flexibility index (Phi) is 3.02. The minimum absolute atomic E-state index is 0.0685. The van der Waals surface area contributed by atoms with Gasteiger partial charge in [-0.3, -0.25) is 4.79 Å². The van der Waals surface area contributed by atoms with E-state index in [-0.39, 0.29) is 23.3 Å². The first kappa shape index (κ1) is 13.5. The second-order valence-electron chi connectivity index (χ2n) is 6.21. The van der Waals surface area contributed by atoms with Gasteiger partial charge in [0.1, 0.15) is 11.9 Å². The number of carbonyl (C=O) groups excluding carboxylic acids is 1. The molecule has 2 heterocycles. The van der Waals surface area contributed by atoms with Crippen LogP contribution in [0.3, 0.4) is 0 Å². The molecule has 0 bridgehead atoms. The molecule has 1 aromatic heterocycles. The first-order valence-electron chi connectivity index (χ1n) is 6.95. The van der Waals surface area contributed by atoms with E-state index in [4.69, 9.17) is 10.5 Å². The molecule has 1 saturated heterocycles. The van der Waals surface area contributed by atoms with Gasteiger partial charge >= 0.3 is 0 Å². The predicted octanol–water partition coefficient (Wildman–Crippen LogP) is 0.948. The van der Waals surface area contributed by atoms with Crippen LogP contribution in [0.5, 0.6) is 0 Å². The van der Waals surface area contributed by atoms with E-state index < -0.39 is 5.54 Å². The third-order valence-electron chi connectivity index (χ3n) is 4.88. The number of anilines is 1. The highest BCUT2D eigenvalue weighted by molar-refractivity contribution is 6.00. The largest absolute Gasteiger partial charge is 0.377 e. The number of nitrogens with zero attached hydrogens (tertiary/aromatic N) is 2. The maximum absolute atomic E-state index is 12.6. The molecule has 3 atom stereocenters. The maximum Gasteiger partial charge on any atom is 0.245 e. The van der Waals surface area contributed by atoms with Gasteiger partial charge in [-0.25, -0.2) is 9.97 Å². The van der Waals surface area contributed by atoms with Crippen LogP contribution in [0.15, 0.2) is 18.7 Å². The summed E-state index contributed by atoms with van der Waals surface area (Å²) in [5, 5.41) is 2.83. The van der Waals surface area contributed by atoms with Crippen LogP contribution in [0.25, 0.3) is 0 Å². The van der Waals surface area contributed by atoms with E-state index >= 15 is 0 Å². The molecule has 0 spiro atoms. The van der Waals surface area contributed by atoms with E-state index in [2.05, 4.69) is 15.3 Å². The van der Waals surface area contributed by atoms with Crippen molar-refractivity contribution in [2.45, 2.75) is 38.3 Å². The number of aromatic nitrogens is 2. The van der Waals surface area contributed by atoms with Crippen LogP contribution in [0.2, 0.25) is 0 Å². The molecule has 1 aliphatic carbocycles. The van der Waals surface area contributed by atoms with Gasteiger partial charge in [0.2, 0.25) is 5.91 Å². The van der Waals surface area contributed by atoms with Crippen molar-refractivity contribution < 1.29 is 9.53 Å². The Bertz CT molecular complexity index is 519. The summed E-state index contributed by atoms with van der Waals surface area (Å²) in [4.78, 5) is 20.4. The van der Waals surface area contributed by atoms with Crippen molar-refractivity contribution in [2.24, 2.45) is 17.1 Å². The molecule has 6 heteroatoms. The molecule has 2 aliphatic rings. The molecule has 3 rings (SSSR count). The Morgan fingerprint density at radius 2 is 2.15 bits per heavy atom. The minimum Gasteiger partial charge on any atom is -0.377 e. The van der Waals surface area contributed by atoms with E-state index in [0.29, 0.717) is 5.69 Å². The van der Waals surface area contributed by atoms with Crippen LogP contribution in [-0.2, 0) is 9.53 Å². The number of nitrogens with two attached hydrogens (primary N) is 1. The molecule has 0 aromatic carbocycles. The Labute approximate surface area is 118 Å². The molecular formula is C14H20N4O2. The fraction of sp³-hybridized carbons (Fsp3) is 0.643. The molecule has 1 aliphatic heterocycles. The number of hydrogen-bond acceptors (Lipinski definition) is 5. The van der Waals surface area contributed by atoms with Crippen LogP contribution in [0, 0.1) is 11.3 Å². The Hall–Kier alpha value is -1.53. The van der Waals surface area contributed by atoms with Crippen molar-refractivity contribution in [1.82, 2.24) is 9.97 Å². The standard InChI is InChI=1S/C14H20N4O2/c1-13(2)11-10(4-3-5-20-11)14(13,15)12(19)18-9-6-16-8-17-7-9/h6-8,10-11H,3-5,15H2,1-2H3,(H,18,19). The van der Waals surface area contributed by atoms with Crippen molar-refractivity contribution in [3.8, 4) is 0 Å². The van der Waals surface area contributed by atoms with Gasteiger partial charge in [-0.1, -0.05) is 13.8 Å². The highest BCUT2D eigenvalue weighted by atomic mass is 16.5. The van der Waals surface area contributed by atoms with E-state index in [0.717, 1.165) is 19.4 Å². The average Bonchev–Trinajstić information content (AvgIpc) is 2.47. The molecule has 2 fully saturated rings. The summed E-state index contributed by atoms with van der Waals surface area (Å²) in [6.07, 6.45) is 6.51. The number of rotatable bonds is 2. The van der Waals surface area contributed by atoms with Gasteiger partial charge in [0.25, 0.3) is 0 Å². The second-order valence-corrected chi connectivity index (χ2v) is 6.21. The molecule has 1 amide bonds. The lowest BCUT2D eigenvalue weighted by atomic mass is 9.46. The predicted molar refractivity (Wildman–Crippen MR) is 73.8 cm³/mol. The second kappa shape index (κ2) is 4.49. The summed E-state index contributed by atoms with van der Waals surface area (Å²) < 4.78 is 5.80. The highest BCUT2D eigenvalue weighted by Gasteiger charge is 2.70. The summed E-state index contributed by atoms with van der Waals surface area (Å²) in [6.45, 7) is 4.76. The number of amides is 1. The van der Waals surface area contributed by atoms with Crippen LogP contribution in [-0.4, -0.2) is 34.1 Å². The monoisotopic (exact) mass is 276 g/mol. The maximum atomic E-state index is 12.6. The zero-order valence-corrected chi connectivity index (χ0v) is 11.8. The Morgan fingerprint density at radius 3 is 2.85 bits per heavy atom. The third kappa shape index (κ3) is 1.68. The highest BCUT2D eigenvalue weighted by Crippen LogP contribution is 2.57. The summed E-state index contributed by atoms with van der Waals surface area (Å²) in [7, 11) is 0. The topological polar surface area (TPSA) is 90.1 Å². The lowest BCUT2D eigenvalue weighted by Gasteiger charge is -2.65. The number of carbonyl (C=O) groups is 1. The van der Waals surface area contributed by atoms with Crippen LogP contribution in [0.1, 0.15) is 26.7 Å². The number of hydrogen-bond donors (Lipinski definition) is 2. The molecule has 3 unspecified atom stereocenters. The molecular weight excluding hydrogens is 256 g/mol. The SMILES string of the molecule is CC1(C)C2OCCCC2C1(N)C(=O)Nc1cncnc1. The van der Waals surface area contributed by atoms with Gasteiger partial charge in [0, 0.05) is 17.9 Å². The van der Waals surface area contributed by atoms with Gasteiger partial charge in [-0.2, -0.15) is 0 Å². The van der Waals surface area contributed by atoms with Gasteiger partial charge in [-0.15, -0.1) is 0 Å². The van der Waals surface area contributed by atoms with Gasteiger partial charge in [0.15, 0.2) is 0 Å². The Balaban J connectivity index is 1.82. The van der Waals surface area contributed by atoms with Crippen LogP contribution in [0.4, 0.5) is 5.69 Å². The van der Waals surface area contributed by atoms with Gasteiger partial charge in [0.05, 0.1) is 24.2 Å². The Morgan fingerprint density at radius 1 is 1.45 bits per heavy atom. The molecule has 1 saturated carbocycles. The minimum atomic E-state index is -0.909. The molecule has 108 valence electrons.